The van der Waals surface area contributed by atoms with E-state index in [0.717, 1.165) is 11.8 Å². The number of carbonyl (C=O) groups excluding carboxylic acids is 2. The lowest BCUT2D eigenvalue weighted by Crippen LogP contribution is -2.30. The van der Waals surface area contributed by atoms with E-state index in [1.165, 1.54) is 4.57 Å². The Bertz CT molecular complexity index is 1500. The van der Waals surface area contributed by atoms with Crippen molar-refractivity contribution in [3.63, 3.8) is 0 Å². The number of thioether (sulfide) groups is 1. The van der Waals surface area contributed by atoms with E-state index in [-0.39, 0.29) is 29.0 Å². The number of fused-ring (bicyclic) bond motifs is 1. The quantitative estimate of drug-likeness (QED) is 0.196. The standard InChI is InChI=1S/C27H24ClN3O4S/c1-16(2)29-25(33)18-7-12-22-23(14-18)30-27(36-15-24(32)17-5-4-6-19(28)13-17)31(26(22)34)20-8-10-21(35-3)11-9-20/h4-14,16H,15H2,1-3H3,(H,29,33). The van der Waals surface area contributed by atoms with Gasteiger partial charge in [-0.1, -0.05) is 35.5 Å². The van der Waals surface area contributed by atoms with Crippen molar-refractivity contribution < 1.29 is 14.3 Å². The van der Waals surface area contributed by atoms with Crippen LogP contribution in [-0.4, -0.2) is 40.1 Å². The van der Waals surface area contributed by atoms with E-state index < -0.39 is 0 Å². The van der Waals surface area contributed by atoms with Gasteiger partial charge in [-0.2, -0.15) is 0 Å². The Morgan fingerprint density at radius 2 is 1.81 bits per heavy atom. The Balaban J connectivity index is 1.79. The first-order valence-electron chi connectivity index (χ1n) is 11.2. The molecule has 1 aromatic heterocycles. The zero-order valence-corrected chi connectivity index (χ0v) is 21.5. The fourth-order valence-electron chi connectivity index (χ4n) is 3.58. The van der Waals surface area contributed by atoms with Gasteiger partial charge in [0.2, 0.25) is 0 Å². The molecule has 9 heteroatoms. The number of rotatable bonds is 8. The predicted octanol–water partition coefficient (Wildman–Crippen LogP) is 5.16. The summed E-state index contributed by atoms with van der Waals surface area (Å²) in [5.74, 6) is 0.287. The first-order valence-corrected chi connectivity index (χ1v) is 12.6. The van der Waals surface area contributed by atoms with Crippen LogP contribution < -0.4 is 15.6 Å². The molecular formula is C27H24ClN3O4S. The number of Topliss-reactive ketones (excluding diaryl/α,β-unsaturated/α-hetero) is 1. The molecule has 1 N–H and O–H groups in total. The molecule has 0 atom stereocenters. The predicted molar refractivity (Wildman–Crippen MR) is 143 cm³/mol. The van der Waals surface area contributed by atoms with Crippen molar-refractivity contribution >= 4 is 46.0 Å². The van der Waals surface area contributed by atoms with Gasteiger partial charge in [-0.25, -0.2) is 4.98 Å². The summed E-state index contributed by atoms with van der Waals surface area (Å²) >= 11 is 7.18. The third kappa shape index (κ3) is 5.61. The molecular weight excluding hydrogens is 498 g/mol. The van der Waals surface area contributed by atoms with Gasteiger partial charge in [0, 0.05) is 22.2 Å². The van der Waals surface area contributed by atoms with Gasteiger partial charge < -0.3 is 10.1 Å². The average molecular weight is 522 g/mol. The normalized spacial score (nSPS) is 11.0. The SMILES string of the molecule is COc1ccc(-n2c(SCC(=O)c3cccc(Cl)c3)nc3cc(C(=O)NC(C)C)ccc3c2=O)cc1. The van der Waals surface area contributed by atoms with Gasteiger partial charge in [-0.3, -0.25) is 19.0 Å². The van der Waals surface area contributed by atoms with Gasteiger partial charge in [0.15, 0.2) is 10.9 Å². The zero-order valence-electron chi connectivity index (χ0n) is 19.9. The van der Waals surface area contributed by atoms with Crippen LogP contribution in [0.15, 0.2) is 76.7 Å². The number of benzene rings is 3. The van der Waals surface area contributed by atoms with E-state index in [2.05, 4.69) is 5.32 Å². The molecule has 0 fully saturated rings. The number of carbonyl (C=O) groups is 2. The summed E-state index contributed by atoms with van der Waals surface area (Å²) in [4.78, 5) is 43.6. The summed E-state index contributed by atoms with van der Waals surface area (Å²) in [6, 6.07) is 18.5. The van der Waals surface area contributed by atoms with Crippen molar-refractivity contribution in [2.24, 2.45) is 0 Å². The van der Waals surface area contributed by atoms with Gasteiger partial charge in [-0.15, -0.1) is 0 Å². The van der Waals surface area contributed by atoms with E-state index >= 15 is 0 Å². The largest absolute Gasteiger partial charge is 0.497 e. The molecule has 0 aliphatic heterocycles. The number of methoxy groups -OCH3 is 1. The van der Waals surface area contributed by atoms with Crippen LogP contribution in [0.3, 0.4) is 0 Å². The van der Waals surface area contributed by atoms with Crippen LogP contribution in [0.4, 0.5) is 0 Å². The van der Waals surface area contributed by atoms with Crippen molar-refractivity contribution in [2.75, 3.05) is 12.9 Å². The van der Waals surface area contributed by atoms with Gasteiger partial charge in [0.1, 0.15) is 5.75 Å². The second kappa shape index (κ2) is 11.0. The molecule has 0 bridgehead atoms. The minimum atomic E-state index is -0.307. The lowest BCUT2D eigenvalue weighted by Gasteiger charge is -2.14. The fraction of sp³-hybridized carbons (Fsp3) is 0.185. The number of amides is 1. The number of hydrogen-bond donors (Lipinski definition) is 1. The molecule has 184 valence electrons. The van der Waals surface area contributed by atoms with Crippen LogP contribution in [0, 0.1) is 0 Å². The fourth-order valence-corrected chi connectivity index (χ4v) is 4.68. The van der Waals surface area contributed by atoms with E-state index in [1.54, 1.807) is 73.8 Å². The summed E-state index contributed by atoms with van der Waals surface area (Å²) in [6.45, 7) is 3.74. The van der Waals surface area contributed by atoms with E-state index in [9.17, 15) is 14.4 Å². The Morgan fingerprint density at radius 1 is 1.06 bits per heavy atom. The molecule has 0 spiro atoms. The lowest BCUT2D eigenvalue weighted by atomic mass is 10.1. The minimum absolute atomic E-state index is 0.0344. The highest BCUT2D eigenvalue weighted by Gasteiger charge is 2.17. The van der Waals surface area contributed by atoms with Gasteiger partial charge >= 0.3 is 0 Å². The second-order valence-corrected chi connectivity index (χ2v) is 9.69. The molecule has 7 nitrogen and oxygen atoms in total. The summed E-state index contributed by atoms with van der Waals surface area (Å²) in [6.07, 6.45) is 0. The maximum Gasteiger partial charge on any atom is 0.266 e. The summed E-state index contributed by atoms with van der Waals surface area (Å²) < 4.78 is 6.70. The summed E-state index contributed by atoms with van der Waals surface area (Å²) in [5, 5.41) is 4.00. The summed E-state index contributed by atoms with van der Waals surface area (Å²) in [7, 11) is 1.56. The Hall–Kier alpha value is -3.62. The number of ether oxygens (including phenoxy) is 1. The third-order valence-electron chi connectivity index (χ3n) is 5.33. The summed E-state index contributed by atoms with van der Waals surface area (Å²) in [5.41, 5.74) is 1.52. The molecule has 4 rings (SSSR count). The molecule has 3 aromatic carbocycles. The van der Waals surface area contributed by atoms with Crippen molar-refractivity contribution in [1.29, 1.82) is 0 Å². The van der Waals surface area contributed by atoms with Crippen LogP contribution in [0.2, 0.25) is 5.02 Å². The van der Waals surface area contributed by atoms with Gasteiger partial charge in [-0.05, 0) is 68.4 Å². The topological polar surface area (TPSA) is 90.3 Å². The van der Waals surface area contributed by atoms with E-state index in [1.807, 2.05) is 13.8 Å². The van der Waals surface area contributed by atoms with Crippen LogP contribution in [0.1, 0.15) is 34.6 Å². The van der Waals surface area contributed by atoms with Crippen molar-refractivity contribution in [2.45, 2.75) is 25.0 Å². The smallest absolute Gasteiger partial charge is 0.266 e. The van der Waals surface area contributed by atoms with Crippen LogP contribution in [0.5, 0.6) is 5.75 Å². The molecule has 0 saturated heterocycles. The van der Waals surface area contributed by atoms with Crippen molar-refractivity contribution in [1.82, 2.24) is 14.9 Å². The first kappa shape index (κ1) is 25.5. The lowest BCUT2D eigenvalue weighted by molar-refractivity contribution is 0.0942. The number of nitrogens with zero attached hydrogens (tertiary/aromatic N) is 2. The van der Waals surface area contributed by atoms with E-state index in [0.29, 0.717) is 43.6 Å². The van der Waals surface area contributed by atoms with Crippen LogP contribution >= 0.6 is 23.4 Å². The molecule has 0 unspecified atom stereocenters. The highest BCUT2D eigenvalue weighted by Crippen LogP contribution is 2.24. The van der Waals surface area contributed by atoms with Gasteiger partial charge in [0.25, 0.3) is 11.5 Å². The highest BCUT2D eigenvalue weighted by atomic mass is 35.5. The van der Waals surface area contributed by atoms with E-state index in [4.69, 9.17) is 21.3 Å². The second-order valence-electron chi connectivity index (χ2n) is 8.32. The maximum atomic E-state index is 13.6. The molecule has 0 aliphatic rings. The molecule has 0 radical (unpaired) electrons. The molecule has 0 aliphatic carbocycles. The molecule has 1 heterocycles. The van der Waals surface area contributed by atoms with Crippen molar-refractivity contribution in [3.05, 3.63) is 93.2 Å². The zero-order chi connectivity index (χ0) is 25.8. The monoisotopic (exact) mass is 521 g/mol. The minimum Gasteiger partial charge on any atom is -0.497 e. The highest BCUT2D eigenvalue weighted by molar-refractivity contribution is 7.99. The number of hydrogen-bond acceptors (Lipinski definition) is 6. The third-order valence-corrected chi connectivity index (χ3v) is 6.50. The Morgan fingerprint density at radius 3 is 2.47 bits per heavy atom. The van der Waals surface area contributed by atoms with Crippen LogP contribution in [0.25, 0.3) is 16.6 Å². The number of halogens is 1. The number of aromatic nitrogens is 2. The number of nitrogens with one attached hydrogen (secondary N) is 1. The number of ketones is 1. The Kier molecular flexibility index (Phi) is 7.76. The Labute approximate surface area is 217 Å². The molecule has 1 amide bonds. The van der Waals surface area contributed by atoms with Crippen molar-refractivity contribution in [3.8, 4) is 11.4 Å². The molecule has 0 saturated carbocycles. The molecule has 36 heavy (non-hydrogen) atoms. The van der Waals surface area contributed by atoms with Gasteiger partial charge in [0.05, 0.1) is 29.5 Å². The first-order chi connectivity index (χ1) is 17.3. The maximum absolute atomic E-state index is 13.6. The molecule has 4 aromatic rings. The average Bonchev–Trinajstić information content (AvgIpc) is 2.86. The van der Waals surface area contributed by atoms with Crippen LogP contribution in [-0.2, 0) is 0 Å².